The molecule has 0 aliphatic carbocycles. The van der Waals surface area contributed by atoms with Gasteiger partial charge >= 0.3 is 6.03 Å². The zero-order valence-electron chi connectivity index (χ0n) is 9.69. The molecule has 3 rings (SSSR count). The standard InChI is InChI=1S/C13H16N2OS/c16-13-14-9-10-3-1-2-4-12(10)15(13)11-5-7-17-8-6-11/h1-4,11H,5-9H2,(H,14,16). The SMILES string of the molecule is O=C1NCc2ccccc2N1C1CCSCC1. The Balaban J connectivity index is 1.94. The summed E-state index contributed by atoms with van der Waals surface area (Å²) in [6.07, 6.45) is 2.21. The molecule has 1 fully saturated rings. The van der Waals surface area contributed by atoms with Gasteiger partial charge in [-0.15, -0.1) is 0 Å². The van der Waals surface area contributed by atoms with E-state index in [1.807, 2.05) is 28.8 Å². The first-order valence-corrected chi connectivity index (χ1v) is 7.24. The lowest BCUT2D eigenvalue weighted by Crippen LogP contribution is -2.50. The molecule has 17 heavy (non-hydrogen) atoms. The molecular formula is C13H16N2OS. The predicted molar refractivity (Wildman–Crippen MR) is 71.5 cm³/mol. The normalized spacial score (nSPS) is 20.9. The second kappa shape index (κ2) is 4.61. The number of rotatable bonds is 1. The number of thioether (sulfide) groups is 1. The fourth-order valence-electron chi connectivity index (χ4n) is 2.57. The molecule has 1 N–H and O–H groups in total. The highest BCUT2D eigenvalue weighted by Gasteiger charge is 2.30. The van der Waals surface area contributed by atoms with Gasteiger partial charge in [-0.3, -0.25) is 4.90 Å². The lowest BCUT2D eigenvalue weighted by Gasteiger charge is -2.38. The summed E-state index contributed by atoms with van der Waals surface area (Å²) < 4.78 is 0. The summed E-state index contributed by atoms with van der Waals surface area (Å²) in [4.78, 5) is 14.0. The molecule has 1 saturated heterocycles. The molecule has 2 aliphatic heterocycles. The average Bonchev–Trinajstić information content (AvgIpc) is 2.39. The lowest BCUT2D eigenvalue weighted by atomic mass is 10.0. The third kappa shape index (κ3) is 2.02. The minimum Gasteiger partial charge on any atom is -0.334 e. The number of para-hydroxylation sites is 1. The Kier molecular flexibility index (Phi) is 2.97. The van der Waals surface area contributed by atoms with Crippen LogP contribution >= 0.6 is 11.8 Å². The van der Waals surface area contributed by atoms with Crippen LogP contribution in [0.4, 0.5) is 10.5 Å². The van der Waals surface area contributed by atoms with Crippen LogP contribution in [0.1, 0.15) is 18.4 Å². The molecule has 1 aromatic carbocycles. The van der Waals surface area contributed by atoms with Crippen molar-refractivity contribution in [3.63, 3.8) is 0 Å². The Bertz CT molecular complexity index is 429. The van der Waals surface area contributed by atoms with Crippen molar-refractivity contribution in [2.24, 2.45) is 0 Å². The molecule has 2 aliphatic rings. The summed E-state index contributed by atoms with van der Waals surface area (Å²) in [6, 6.07) is 8.65. The Hall–Kier alpha value is -1.16. The van der Waals surface area contributed by atoms with Crippen molar-refractivity contribution in [3.8, 4) is 0 Å². The van der Waals surface area contributed by atoms with Gasteiger partial charge in [0.05, 0.1) is 5.69 Å². The van der Waals surface area contributed by atoms with E-state index in [9.17, 15) is 4.79 Å². The number of nitrogens with one attached hydrogen (secondary N) is 1. The van der Waals surface area contributed by atoms with Gasteiger partial charge in [0.15, 0.2) is 0 Å². The molecule has 2 heterocycles. The van der Waals surface area contributed by atoms with Crippen LogP contribution in [-0.2, 0) is 6.54 Å². The van der Waals surface area contributed by atoms with Crippen LogP contribution in [0.5, 0.6) is 0 Å². The fraction of sp³-hybridized carbons (Fsp3) is 0.462. The Morgan fingerprint density at radius 2 is 2.00 bits per heavy atom. The number of hydrogen-bond acceptors (Lipinski definition) is 2. The Morgan fingerprint density at radius 1 is 1.24 bits per heavy atom. The van der Waals surface area contributed by atoms with Crippen molar-refractivity contribution in [1.82, 2.24) is 5.32 Å². The van der Waals surface area contributed by atoms with Crippen molar-refractivity contribution >= 4 is 23.5 Å². The number of carbonyl (C=O) groups excluding carboxylic acids is 1. The number of fused-ring (bicyclic) bond motifs is 1. The first-order chi connectivity index (χ1) is 8.36. The maximum absolute atomic E-state index is 12.1. The van der Waals surface area contributed by atoms with Crippen LogP contribution < -0.4 is 10.2 Å². The largest absolute Gasteiger partial charge is 0.334 e. The van der Waals surface area contributed by atoms with Gasteiger partial charge in [0.25, 0.3) is 0 Å². The molecule has 4 heteroatoms. The maximum atomic E-state index is 12.1. The van der Waals surface area contributed by atoms with E-state index in [0.29, 0.717) is 12.6 Å². The number of urea groups is 1. The molecule has 90 valence electrons. The molecule has 1 aromatic rings. The maximum Gasteiger partial charge on any atom is 0.322 e. The second-order valence-electron chi connectivity index (χ2n) is 4.50. The van der Waals surface area contributed by atoms with E-state index in [0.717, 1.165) is 30.0 Å². The van der Waals surface area contributed by atoms with E-state index in [1.165, 1.54) is 5.56 Å². The zero-order chi connectivity index (χ0) is 11.7. The monoisotopic (exact) mass is 248 g/mol. The molecule has 0 saturated carbocycles. The van der Waals surface area contributed by atoms with E-state index in [1.54, 1.807) is 0 Å². The summed E-state index contributed by atoms with van der Waals surface area (Å²) in [5, 5.41) is 2.97. The van der Waals surface area contributed by atoms with Gasteiger partial charge < -0.3 is 5.32 Å². The highest BCUT2D eigenvalue weighted by Crippen LogP contribution is 2.31. The van der Waals surface area contributed by atoms with Gasteiger partial charge in [-0.25, -0.2) is 4.79 Å². The Labute approximate surface area is 106 Å². The molecule has 0 aromatic heterocycles. The van der Waals surface area contributed by atoms with Crippen molar-refractivity contribution < 1.29 is 4.79 Å². The summed E-state index contributed by atoms with van der Waals surface area (Å²) >= 11 is 1.99. The number of anilines is 1. The summed E-state index contributed by atoms with van der Waals surface area (Å²) in [5.74, 6) is 2.33. The zero-order valence-corrected chi connectivity index (χ0v) is 10.5. The van der Waals surface area contributed by atoms with E-state index >= 15 is 0 Å². The third-order valence-corrected chi connectivity index (χ3v) is 4.50. The Morgan fingerprint density at radius 3 is 2.82 bits per heavy atom. The van der Waals surface area contributed by atoms with E-state index in [2.05, 4.69) is 17.4 Å². The van der Waals surface area contributed by atoms with E-state index in [4.69, 9.17) is 0 Å². The molecule has 0 bridgehead atoms. The minimum atomic E-state index is 0.0700. The van der Waals surface area contributed by atoms with Crippen molar-refractivity contribution in [3.05, 3.63) is 29.8 Å². The lowest BCUT2D eigenvalue weighted by molar-refractivity contribution is 0.241. The van der Waals surface area contributed by atoms with Gasteiger partial charge in [-0.05, 0) is 36.0 Å². The number of carbonyl (C=O) groups is 1. The highest BCUT2D eigenvalue weighted by molar-refractivity contribution is 7.99. The van der Waals surface area contributed by atoms with Gasteiger partial charge in [-0.1, -0.05) is 18.2 Å². The number of nitrogens with zero attached hydrogens (tertiary/aromatic N) is 1. The van der Waals surface area contributed by atoms with Crippen LogP contribution in [0.15, 0.2) is 24.3 Å². The molecule has 0 unspecified atom stereocenters. The van der Waals surface area contributed by atoms with E-state index in [-0.39, 0.29) is 6.03 Å². The predicted octanol–water partition coefficient (Wildman–Crippen LogP) is 2.61. The molecular weight excluding hydrogens is 232 g/mol. The minimum absolute atomic E-state index is 0.0700. The molecule has 3 nitrogen and oxygen atoms in total. The highest BCUT2D eigenvalue weighted by atomic mass is 32.2. The first kappa shape index (κ1) is 11.0. The number of hydrogen-bond donors (Lipinski definition) is 1. The van der Waals surface area contributed by atoms with Gasteiger partial charge in [0.1, 0.15) is 0 Å². The third-order valence-electron chi connectivity index (χ3n) is 3.46. The molecule has 0 spiro atoms. The number of benzene rings is 1. The van der Waals surface area contributed by atoms with Crippen molar-refractivity contribution in [1.29, 1.82) is 0 Å². The van der Waals surface area contributed by atoms with Crippen molar-refractivity contribution in [2.75, 3.05) is 16.4 Å². The smallest absolute Gasteiger partial charge is 0.322 e. The molecule has 0 atom stereocenters. The summed E-state index contributed by atoms with van der Waals surface area (Å²) in [5.41, 5.74) is 2.33. The fourth-order valence-corrected chi connectivity index (χ4v) is 3.65. The van der Waals surface area contributed by atoms with Crippen LogP contribution in [0.3, 0.4) is 0 Å². The van der Waals surface area contributed by atoms with Crippen LogP contribution in [0.25, 0.3) is 0 Å². The topological polar surface area (TPSA) is 32.3 Å². The van der Waals surface area contributed by atoms with Crippen molar-refractivity contribution in [2.45, 2.75) is 25.4 Å². The molecule has 0 radical (unpaired) electrons. The number of amides is 2. The van der Waals surface area contributed by atoms with Gasteiger partial charge in [-0.2, -0.15) is 11.8 Å². The quantitative estimate of drug-likeness (QED) is 0.828. The summed E-state index contributed by atoms with van der Waals surface area (Å²) in [7, 11) is 0. The van der Waals surface area contributed by atoms with E-state index < -0.39 is 0 Å². The second-order valence-corrected chi connectivity index (χ2v) is 5.73. The average molecular weight is 248 g/mol. The first-order valence-electron chi connectivity index (χ1n) is 6.09. The summed E-state index contributed by atoms with van der Waals surface area (Å²) in [6.45, 7) is 0.660. The molecule has 2 amide bonds. The van der Waals surface area contributed by atoms with Crippen LogP contribution in [-0.4, -0.2) is 23.6 Å². The van der Waals surface area contributed by atoms with Crippen LogP contribution in [0.2, 0.25) is 0 Å². The van der Waals surface area contributed by atoms with Gasteiger partial charge in [0, 0.05) is 12.6 Å². The van der Waals surface area contributed by atoms with Gasteiger partial charge in [0.2, 0.25) is 0 Å². The van der Waals surface area contributed by atoms with Crippen LogP contribution in [0, 0.1) is 0 Å².